The fourth-order valence-electron chi connectivity index (χ4n) is 12.8. The molecule has 7 fully saturated rings. The van der Waals surface area contributed by atoms with Crippen LogP contribution in [0.3, 0.4) is 0 Å². The molecular weight excluding hydrogens is 482 g/mol. The van der Waals surface area contributed by atoms with Gasteiger partial charge in [0.1, 0.15) is 0 Å². The van der Waals surface area contributed by atoms with Crippen molar-refractivity contribution in [1.29, 1.82) is 0 Å². The van der Waals surface area contributed by atoms with E-state index in [9.17, 15) is 0 Å². The summed E-state index contributed by atoms with van der Waals surface area (Å²) in [4.78, 5) is 2.95. The third kappa shape index (κ3) is 6.70. The number of nitrogens with zero attached hydrogens (tertiary/aromatic N) is 1. The minimum Gasteiger partial charge on any atom is -0.300 e. The second kappa shape index (κ2) is 13.7. The van der Waals surface area contributed by atoms with E-state index in [1.54, 1.807) is 116 Å². The van der Waals surface area contributed by atoms with Crippen LogP contribution in [-0.2, 0) is 0 Å². The van der Waals surface area contributed by atoms with E-state index < -0.39 is 0 Å². The Bertz CT molecular complexity index is 659. The second-order valence-corrected chi connectivity index (χ2v) is 17.1. The number of likely N-dealkylation sites (tertiary alicyclic amines) is 1. The second-order valence-electron chi connectivity index (χ2n) is 17.1. The number of hydrogen-bond donors (Lipinski definition) is 0. The Labute approximate surface area is 249 Å². The molecule has 0 atom stereocenters. The van der Waals surface area contributed by atoms with Gasteiger partial charge in [0.25, 0.3) is 0 Å². The Kier molecular flexibility index (Phi) is 9.85. The van der Waals surface area contributed by atoms with Gasteiger partial charge >= 0.3 is 0 Å². The summed E-state index contributed by atoms with van der Waals surface area (Å²) < 4.78 is 0. The van der Waals surface area contributed by atoms with Gasteiger partial charge in [0.2, 0.25) is 0 Å². The monoisotopic (exact) mass is 550 g/mol. The van der Waals surface area contributed by atoms with Crippen LogP contribution < -0.4 is 0 Å². The summed E-state index contributed by atoms with van der Waals surface area (Å²) in [5, 5.41) is 0. The van der Waals surface area contributed by atoms with Crippen LogP contribution in [0.2, 0.25) is 0 Å². The summed E-state index contributed by atoms with van der Waals surface area (Å²) in [5.74, 6) is 11.1. The lowest BCUT2D eigenvalue weighted by Gasteiger charge is -2.45. The van der Waals surface area contributed by atoms with E-state index >= 15 is 0 Å². The first-order valence-electron chi connectivity index (χ1n) is 19.5. The molecule has 0 radical (unpaired) electrons. The molecule has 7 rings (SSSR count). The SMILES string of the molecule is C1CCC(C2CCC(C3CCC(C4CCC(C5CCC(N6CCC(C7CCCC7)CC6)CC5)CC4)CC3)CC2)C1. The van der Waals surface area contributed by atoms with Crippen LogP contribution in [0, 0.1) is 59.2 Å². The van der Waals surface area contributed by atoms with Crippen molar-refractivity contribution in [3.63, 3.8) is 0 Å². The van der Waals surface area contributed by atoms with Gasteiger partial charge in [-0.25, -0.2) is 0 Å². The lowest BCUT2D eigenvalue weighted by atomic mass is 9.63. The van der Waals surface area contributed by atoms with Crippen LogP contribution >= 0.6 is 0 Å². The molecular formula is C39H67N. The van der Waals surface area contributed by atoms with Gasteiger partial charge in [-0.15, -0.1) is 0 Å². The largest absolute Gasteiger partial charge is 0.300 e. The Morgan fingerprint density at radius 1 is 0.225 bits per heavy atom. The van der Waals surface area contributed by atoms with Crippen LogP contribution in [0.4, 0.5) is 0 Å². The highest BCUT2D eigenvalue weighted by Crippen LogP contribution is 2.49. The van der Waals surface area contributed by atoms with Gasteiger partial charge in [0.15, 0.2) is 0 Å². The predicted octanol–water partition coefficient (Wildman–Crippen LogP) is 11.1. The highest BCUT2D eigenvalue weighted by Gasteiger charge is 2.39. The summed E-state index contributed by atoms with van der Waals surface area (Å²) in [6.07, 6.45) is 40.8. The van der Waals surface area contributed by atoms with E-state index in [1.165, 1.54) is 64.5 Å². The molecule has 6 saturated carbocycles. The van der Waals surface area contributed by atoms with Crippen molar-refractivity contribution < 1.29 is 0 Å². The molecule has 0 bridgehead atoms. The zero-order chi connectivity index (χ0) is 26.7. The molecule has 228 valence electrons. The van der Waals surface area contributed by atoms with E-state index in [0.717, 1.165) is 65.2 Å². The van der Waals surface area contributed by atoms with Crippen LogP contribution in [0.1, 0.15) is 167 Å². The maximum Gasteiger partial charge on any atom is 0.00954 e. The summed E-state index contributed by atoms with van der Waals surface area (Å²) in [7, 11) is 0. The van der Waals surface area contributed by atoms with Crippen molar-refractivity contribution in [3.05, 3.63) is 0 Å². The molecule has 1 heteroatoms. The molecule has 0 aromatic carbocycles. The zero-order valence-electron chi connectivity index (χ0n) is 26.6. The standard InChI is InChI=1S/C39H67N/c1-2-6-29(5-1)31-9-11-32(12-10-31)33-13-15-34(16-14-33)35-17-19-36(20-18-35)37-21-23-39(24-22-37)40-27-25-38(26-28-40)30-7-3-4-8-30/h29-39H,1-28H2. The van der Waals surface area contributed by atoms with Gasteiger partial charge in [-0.05, 0) is 188 Å². The molecule has 1 aliphatic heterocycles. The molecule has 0 amide bonds. The fourth-order valence-corrected chi connectivity index (χ4v) is 12.8. The normalized spacial score (nSPS) is 43.8. The van der Waals surface area contributed by atoms with E-state index in [0.29, 0.717) is 0 Å². The third-order valence-corrected chi connectivity index (χ3v) is 15.4. The summed E-state index contributed by atoms with van der Waals surface area (Å²) in [6.45, 7) is 2.87. The zero-order valence-corrected chi connectivity index (χ0v) is 26.6. The van der Waals surface area contributed by atoms with Crippen molar-refractivity contribution in [1.82, 2.24) is 4.90 Å². The van der Waals surface area contributed by atoms with Crippen molar-refractivity contribution in [3.8, 4) is 0 Å². The first-order valence-corrected chi connectivity index (χ1v) is 19.5. The molecule has 1 heterocycles. The first-order chi connectivity index (χ1) is 19.8. The van der Waals surface area contributed by atoms with Crippen molar-refractivity contribution in [2.45, 2.75) is 173 Å². The maximum atomic E-state index is 2.95. The molecule has 0 spiro atoms. The number of hydrogen-bond acceptors (Lipinski definition) is 1. The van der Waals surface area contributed by atoms with Gasteiger partial charge in [-0.3, -0.25) is 0 Å². The van der Waals surface area contributed by atoms with Crippen LogP contribution in [0.5, 0.6) is 0 Å². The maximum absolute atomic E-state index is 2.95. The van der Waals surface area contributed by atoms with E-state index in [1.807, 2.05) is 0 Å². The van der Waals surface area contributed by atoms with Crippen LogP contribution in [0.25, 0.3) is 0 Å². The molecule has 1 saturated heterocycles. The van der Waals surface area contributed by atoms with Crippen molar-refractivity contribution >= 4 is 0 Å². The minimum atomic E-state index is 0.949. The van der Waals surface area contributed by atoms with Crippen molar-refractivity contribution in [2.75, 3.05) is 13.1 Å². The molecule has 1 nitrogen and oxygen atoms in total. The molecule has 0 N–H and O–H groups in total. The van der Waals surface area contributed by atoms with Crippen molar-refractivity contribution in [2.24, 2.45) is 59.2 Å². The van der Waals surface area contributed by atoms with E-state index in [4.69, 9.17) is 0 Å². The topological polar surface area (TPSA) is 3.24 Å². The Hall–Kier alpha value is -0.0400. The molecule has 6 aliphatic carbocycles. The smallest absolute Gasteiger partial charge is 0.00954 e. The summed E-state index contributed by atoms with van der Waals surface area (Å²) >= 11 is 0. The van der Waals surface area contributed by atoms with Crippen LogP contribution in [0.15, 0.2) is 0 Å². The molecule has 0 aromatic rings. The van der Waals surface area contributed by atoms with E-state index in [2.05, 4.69) is 4.90 Å². The average Bonchev–Trinajstić information content (AvgIpc) is 3.78. The molecule has 7 aliphatic rings. The number of piperidine rings is 1. The Morgan fingerprint density at radius 3 is 0.750 bits per heavy atom. The lowest BCUT2D eigenvalue weighted by molar-refractivity contribution is 0.0553. The van der Waals surface area contributed by atoms with Gasteiger partial charge < -0.3 is 4.90 Å². The quantitative estimate of drug-likeness (QED) is 0.318. The number of rotatable bonds is 6. The molecule has 0 unspecified atom stereocenters. The highest BCUT2D eigenvalue weighted by molar-refractivity contribution is 4.91. The fraction of sp³-hybridized carbons (Fsp3) is 1.00. The summed E-state index contributed by atoms with van der Waals surface area (Å²) in [5.41, 5.74) is 0. The van der Waals surface area contributed by atoms with Gasteiger partial charge in [-0.1, -0.05) is 51.4 Å². The average molecular weight is 550 g/mol. The Balaban J connectivity index is 0.779. The molecule has 40 heavy (non-hydrogen) atoms. The van der Waals surface area contributed by atoms with Crippen LogP contribution in [-0.4, -0.2) is 24.0 Å². The van der Waals surface area contributed by atoms with Gasteiger partial charge in [0.05, 0.1) is 0 Å². The van der Waals surface area contributed by atoms with E-state index in [-0.39, 0.29) is 0 Å². The third-order valence-electron chi connectivity index (χ3n) is 15.4. The summed E-state index contributed by atoms with van der Waals surface area (Å²) in [6, 6.07) is 0.949. The predicted molar refractivity (Wildman–Crippen MR) is 170 cm³/mol. The minimum absolute atomic E-state index is 0.949. The molecule has 0 aromatic heterocycles. The van der Waals surface area contributed by atoms with Gasteiger partial charge in [0, 0.05) is 6.04 Å². The Morgan fingerprint density at radius 2 is 0.450 bits per heavy atom. The lowest BCUT2D eigenvalue weighted by Crippen LogP contribution is -2.44. The highest BCUT2D eigenvalue weighted by atomic mass is 15.2. The first kappa shape index (κ1) is 28.7. The van der Waals surface area contributed by atoms with Gasteiger partial charge in [-0.2, -0.15) is 0 Å².